The van der Waals surface area contributed by atoms with Crippen LogP contribution >= 0.6 is 27.5 Å². The Hall–Kier alpha value is -1.52. The normalized spacial score (nSPS) is 10.3. The van der Waals surface area contributed by atoms with Crippen molar-refractivity contribution in [2.45, 2.75) is 0 Å². The number of carbonyl (C=O) groups is 1. The molecule has 19 heavy (non-hydrogen) atoms. The highest BCUT2D eigenvalue weighted by molar-refractivity contribution is 9.10. The number of ether oxygens (including phenoxy) is 1. The molecule has 0 aromatic heterocycles. The summed E-state index contributed by atoms with van der Waals surface area (Å²) >= 11 is 9.36. The van der Waals surface area contributed by atoms with E-state index in [1.165, 1.54) is 7.11 Å². The third-order valence-electron chi connectivity index (χ3n) is 2.69. The molecule has 0 saturated heterocycles. The lowest BCUT2D eigenvalue weighted by Gasteiger charge is -2.10. The fourth-order valence-electron chi connectivity index (χ4n) is 1.71. The van der Waals surface area contributed by atoms with Crippen LogP contribution in [0.25, 0.3) is 0 Å². The van der Waals surface area contributed by atoms with E-state index in [9.17, 15) is 4.79 Å². The smallest absolute Gasteiger partial charge is 0.196 e. The maximum absolute atomic E-state index is 12.4. The summed E-state index contributed by atoms with van der Waals surface area (Å²) in [6.07, 6.45) is 0. The average molecular weight is 341 g/mol. The zero-order chi connectivity index (χ0) is 14.0. The quantitative estimate of drug-likeness (QED) is 0.680. The summed E-state index contributed by atoms with van der Waals surface area (Å²) in [6, 6.07) is 10.1. The number of nitrogen functional groups attached to an aromatic ring is 1. The number of methoxy groups -OCH3 is 1. The van der Waals surface area contributed by atoms with Gasteiger partial charge in [0.25, 0.3) is 0 Å². The molecular weight excluding hydrogens is 330 g/mol. The van der Waals surface area contributed by atoms with Crippen LogP contribution in [0.1, 0.15) is 15.9 Å². The van der Waals surface area contributed by atoms with Crippen molar-refractivity contribution in [2.75, 3.05) is 12.8 Å². The molecule has 2 N–H and O–H groups in total. The van der Waals surface area contributed by atoms with Crippen LogP contribution in [0.2, 0.25) is 5.02 Å². The van der Waals surface area contributed by atoms with Gasteiger partial charge in [-0.1, -0.05) is 23.7 Å². The van der Waals surface area contributed by atoms with E-state index in [4.69, 9.17) is 22.1 Å². The Kier molecular flexibility index (Phi) is 4.12. The number of hydrogen-bond donors (Lipinski definition) is 1. The maximum atomic E-state index is 12.4. The van der Waals surface area contributed by atoms with Gasteiger partial charge in [0.2, 0.25) is 0 Å². The van der Waals surface area contributed by atoms with Gasteiger partial charge in [0.05, 0.1) is 16.6 Å². The van der Waals surface area contributed by atoms with Gasteiger partial charge in [-0.25, -0.2) is 0 Å². The first-order valence-electron chi connectivity index (χ1n) is 5.47. The summed E-state index contributed by atoms with van der Waals surface area (Å²) in [5.41, 5.74) is 7.05. The van der Waals surface area contributed by atoms with E-state index in [1.54, 1.807) is 36.4 Å². The molecule has 0 spiro atoms. The standard InChI is InChI=1S/C14H11BrClNO2/c1-19-13-7-12(17)9(6-10(13)15)14(18)8-4-2-3-5-11(8)16/h2-7H,17H2,1H3. The minimum absolute atomic E-state index is 0.216. The van der Waals surface area contributed by atoms with E-state index in [0.717, 1.165) is 0 Å². The topological polar surface area (TPSA) is 52.3 Å². The predicted molar refractivity (Wildman–Crippen MR) is 80.0 cm³/mol. The molecule has 2 aromatic rings. The van der Waals surface area contributed by atoms with Gasteiger partial charge in [0.1, 0.15) is 5.75 Å². The van der Waals surface area contributed by atoms with Gasteiger partial charge in [-0.15, -0.1) is 0 Å². The monoisotopic (exact) mass is 339 g/mol. The average Bonchev–Trinajstić information content (AvgIpc) is 2.40. The lowest BCUT2D eigenvalue weighted by Crippen LogP contribution is -2.06. The van der Waals surface area contributed by atoms with E-state index in [0.29, 0.717) is 32.1 Å². The molecule has 2 aromatic carbocycles. The van der Waals surface area contributed by atoms with Crippen LogP contribution in [0.4, 0.5) is 5.69 Å². The van der Waals surface area contributed by atoms with Crippen molar-refractivity contribution in [1.82, 2.24) is 0 Å². The highest BCUT2D eigenvalue weighted by Gasteiger charge is 2.17. The molecular formula is C14H11BrClNO2. The Balaban J connectivity index is 2.51. The van der Waals surface area contributed by atoms with Gasteiger partial charge >= 0.3 is 0 Å². The van der Waals surface area contributed by atoms with Crippen molar-refractivity contribution in [3.8, 4) is 5.75 Å². The number of halogens is 2. The minimum Gasteiger partial charge on any atom is -0.495 e. The molecule has 3 nitrogen and oxygen atoms in total. The fourth-order valence-corrected chi connectivity index (χ4v) is 2.44. The van der Waals surface area contributed by atoms with Crippen LogP contribution in [0.15, 0.2) is 40.9 Å². The molecule has 0 aliphatic rings. The number of anilines is 1. The molecule has 0 aliphatic carbocycles. The van der Waals surface area contributed by atoms with E-state index in [-0.39, 0.29) is 5.78 Å². The van der Waals surface area contributed by atoms with Crippen LogP contribution in [-0.2, 0) is 0 Å². The Bertz CT molecular complexity index is 643. The predicted octanol–water partition coefficient (Wildman–Crippen LogP) is 3.92. The van der Waals surface area contributed by atoms with Gasteiger partial charge in [0, 0.05) is 22.9 Å². The molecule has 0 heterocycles. The molecule has 0 radical (unpaired) electrons. The maximum Gasteiger partial charge on any atom is 0.196 e. The van der Waals surface area contributed by atoms with Gasteiger partial charge in [-0.05, 0) is 34.1 Å². The first-order chi connectivity index (χ1) is 9.04. The Morgan fingerprint density at radius 1 is 1.26 bits per heavy atom. The lowest BCUT2D eigenvalue weighted by atomic mass is 10.0. The number of rotatable bonds is 3. The highest BCUT2D eigenvalue weighted by atomic mass is 79.9. The molecule has 0 bridgehead atoms. The van der Waals surface area contributed by atoms with Crippen molar-refractivity contribution >= 4 is 39.0 Å². The molecule has 0 atom stereocenters. The van der Waals surface area contributed by atoms with Gasteiger partial charge < -0.3 is 10.5 Å². The highest BCUT2D eigenvalue weighted by Crippen LogP contribution is 2.32. The largest absolute Gasteiger partial charge is 0.495 e. The van der Waals surface area contributed by atoms with Crippen LogP contribution in [0, 0.1) is 0 Å². The Morgan fingerprint density at radius 2 is 1.95 bits per heavy atom. The molecule has 2 rings (SSSR count). The summed E-state index contributed by atoms with van der Waals surface area (Å²) < 4.78 is 5.79. The first-order valence-corrected chi connectivity index (χ1v) is 6.64. The number of ketones is 1. The Morgan fingerprint density at radius 3 is 2.58 bits per heavy atom. The van der Waals surface area contributed by atoms with Crippen LogP contribution in [0.5, 0.6) is 5.75 Å². The van der Waals surface area contributed by atoms with E-state index in [1.807, 2.05) is 0 Å². The lowest BCUT2D eigenvalue weighted by molar-refractivity contribution is 0.103. The third-order valence-corrected chi connectivity index (χ3v) is 3.64. The second kappa shape index (κ2) is 5.63. The number of benzene rings is 2. The number of nitrogens with two attached hydrogens (primary N) is 1. The van der Waals surface area contributed by atoms with Gasteiger partial charge in [0.15, 0.2) is 5.78 Å². The van der Waals surface area contributed by atoms with Crippen LogP contribution in [0.3, 0.4) is 0 Å². The van der Waals surface area contributed by atoms with Crippen molar-refractivity contribution in [2.24, 2.45) is 0 Å². The fraction of sp³-hybridized carbons (Fsp3) is 0.0714. The molecule has 5 heteroatoms. The SMILES string of the molecule is COc1cc(N)c(C(=O)c2ccccc2Cl)cc1Br. The minimum atomic E-state index is -0.216. The van der Waals surface area contributed by atoms with Gasteiger partial charge in [-0.2, -0.15) is 0 Å². The molecule has 98 valence electrons. The summed E-state index contributed by atoms with van der Waals surface area (Å²) in [7, 11) is 1.54. The second-order valence-corrected chi connectivity index (χ2v) is 5.14. The Labute approximate surface area is 124 Å². The second-order valence-electron chi connectivity index (χ2n) is 3.88. The van der Waals surface area contributed by atoms with Crippen molar-refractivity contribution in [3.05, 3.63) is 57.0 Å². The van der Waals surface area contributed by atoms with Crippen LogP contribution in [-0.4, -0.2) is 12.9 Å². The zero-order valence-corrected chi connectivity index (χ0v) is 12.5. The molecule has 0 saturated carbocycles. The molecule has 0 unspecified atom stereocenters. The van der Waals surface area contributed by atoms with Crippen molar-refractivity contribution in [3.63, 3.8) is 0 Å². The number of carbonyl (C=O) groups excluding carboxylic acids is 1. The van der Waals surface area contributed by atoms with Crippen LogP contribution < -0.4 is 10.5 Å². The summed E-state index contributed by atoms with van der Waals surface area (Å²) in [5.74, 6) is 0.361. The van der Waals surface area contributed by atoms with E-state index in [2.05, 4.69) is 15.9 Å². The molecule has 0 amide bonds. The molecule has 0 fully saturated rings. The first kappa shape index (κ1) is 13.9. The zero-order valence-electron chi connectivity index (χ0n) is 10.1. The van der Waals surface area contributed by atoms with E-state index < -0.39 is 0 Å². The summed E-state index contributed by atoms with van der Waals surface area (Å²) in [6.45, 7) is 0. The van der Waals surface area contributed by atoms with Gasteiger partial charge in [-0.3, -0.25) is 4.79 Å². The summed E-state index contributed by atoms with van der Waals surface area (Å²) in [4.78, 5) is 12.4. The molecule has 0 aliphatic heterocycles. The van der Waals surface area contributed by atoms with Crippen molar-refractivity contribution in [1.29, 1.82) is 0 Å². The van der Waals surface area contributed by atoms with Crippen molar-refractivity contribution < 1.29 is 9.53 Å². The van der Waals surface area contributed by atoms with E-state index >= 15 is 0 Å². The number of hydrogen-bond acceptors (Lipinski definition) is 3. The summed E-state index contributed by atoms with van der Waals surface area (Å²) in [5, 5.41) is 0.402. The third kappa shape index (κ3) is 2.74.